The van der Waals surface area contributed by atoms with Crippen LogP contribution in [0.25, 0.3) is 0 Å². The van der Waals surface area contributed by atoms with Crippen LogP contribution in [0.15, 0.2) is 12.5 Å². The van der Waals surface area contributed by atoms with Crippen molar-refractivity contribution < 1.29 is 0 Å². The van der Waals surface area contributed by atoms with Crippen molar-refractivity contribution in [1.29, 1.82) is 0 Å². The van der Waals surface area contributed by atoms with E-state index >= 15 is 0 Å². The summed E-state index contributed by atoms with van der Waals surface area (Å²) in [7, 11) is 0. The standard InChI is InChI=1S/C10H17N3S/c1-14-5-4-13-7-10(12-8-13)6-11-9-2-3-9/h7-9,11H,2-6H2,1H3. The number of imidazole rings is 1. The van der Waals surface area contributed by atoms with E-state index in [1.54, 1.807) is 0 Å². The molecule has 1 aromatic rings. The highest BCUT2D eigenvalue weighted by atomic mass is 32.2. The zero-order valence-corrected chi connectivity index (χ0v) is 9.39. The van der Waals surface area contributed by atoms with Crippen molar-refractivity contribution in [3.63, 3.8) is 0 Å². The topological polar surface area (TPSA) is 29.9 Å². The van der Waals surface area contributed by atoms with Crippen molar-refractivity contribution in [2.45, 2.75) is 32.0 Å². The molecule has 3 nitrogen and oxygen atoms in total. The van der Waals surface area contributed by atoms with E-state index in [0.29, 0.717) is 0 Å². The molecule has 0 aromatic carbocycles. The Hall–Kier alpha value is -0.480. The summed E-state index contributed by atoms with van der Waals surface area (Å²) in [6.07, 6.45) is 8.89. The number of nitrogens with one attached hydrogen (secondary N) is 1. The third kappa shape index (κ3) is 3.03. The molecule has 78 valence electrons. The zero-order valence-electron chi connectivity index (χ0n) is 8.57. The minimum atomic E-state index is 0.770. The molecule has 0 aliphatic heterocycles. The van der Waals surface area contributed by atoms with Gasteiger partial charge in [-0.3, -0.25) is 0 Å². The lowest BCUT2D eigenvalue weighted by Gasteiger charge is -1.99. The van der Waals surface area contributed by atoms with Crippen LogP contribution in [0, 0.1) is 0 Å². The van der Waals surface area contributed by atoms with Gasteiger partial charge in [0.15, 0.2) is 0 Å². The molecular weight excluding hydrogens is 194 g/mol. The van der Waals surface area contributed by atoms with Gasteiger partial charge in [0.2, 0.25) is 0 Å². The fourth-order valence-electron chi connectivity index (χ4n) is 1.35. The van der Waals surface area contributed by atoms with Gasteiger partial charge in [0.1, 0.15) is 0 Å². The van der Waals surface area contributed by atoms with Crippen molar-refractivity contribution in [1.82, 2.24) is 14.9 Å². The van der Waals surface area contributed by atoms with Crippen LogP contribution in [-0.4, -0.2) is 27.6 Å². The predicted octanol–water partition coefficient (Wildman–Crippen LogP) is 1.50. The fraction of sp³-hybridized carbons (Fsp3) is 0.700. The highest BCUT2D eigenvalue weighted by molar-refractivity contribution is 7.98. The van der Waals surface area contributed by atoms with Crippen molar-refractivity contribution in [3.05, 3.63) is 18.2 Å². The van der Waals surface area contributed by atoms with E-state index in [9.17, 15) is 0 Å². The normalized spacial score (nSPS) is 16.1. The summed E-state index contributed by atoms with van der Waals surface area (Å²) in [6.45, 7) is 1.99. The molecule has 1 aliphatic rings. The first-order valence-corrected chi connectivity index (χ1v) is 6.51. The summed E-state index contributed by atoms with van der Waals surface area (Å²) < 4.78 is 2.17. The van der Waals surface area contributed by atoms with E-state index in [1.807, 2.05) is 18.1 Å². The molecule has 0 amide bonds. The molecule has 0 unspecified atom stereocenters. The summed E-state index contributed by atoms with van der Waals surface area (Å²) in [6, 6.07) is 0.770. The molecule has 4 heteroatoms. The van der Waals surface area contributed by atoms with Crippen molar-refractivity contribution in [3.8, 4) is 0 Å². The van der Waals surface area contributed by atoms with Crippen LogP contribution < -0.4 is 5.32 Å². The van der Waals surface area contributed by atoms with E-state index in [1.165, 1.54) is 12.8 Å². The SMILES string of the molecule is CSCCn1cnc(CNC2CC2)c1. The maximum atomic E-state index is 4.36. The minimum absolute atomic E-state index is 0.770. The van der Waals surface area contributed by atoms with E-state index in [0.717, 1.165) is 30.6 Å². The average molecular weight is 211 g/mol. The highest BCUT2D eigenvalue weighted by Gasteiger charge is 2.20. The Balaban J connectivity index is 1.76. The van der Waals surface area contributed by atoms with Crippen LogP contribution in [0.2, 0.25) is 0 Å². The third-order valence-electron chi connectivity index (χ3n) is 2.39. The van der Waals surface area contributed by atoms with Crippen LogP contribution in [-0.2, 0) is 13.1 Å². The Bertz CT molecular complexity index is 281. The van der Waals surface area contributed by atoms with E-state index in [2.05, 4.69) is 27.3 Å². The van der Waals surface area contributed by atoms with E-state index in [-0.39, 0.29) is 0 Å². The Kier molecular flexibility index (Phi) is 3.48. The van der Waals surface area contributed by atoms with Crippen LogP contribution in [0.3, 0.4) is 0 Å². The van der Waals surface area contributed by atoms with Crippen molar-refractivity contribution >= 4 is 11.8 Å². The summed E-state index contributed by atoms with van der Waals surface area (Å²) >= 11 is 1.87. The molecule has 1 aromatic heterocycles. The van der Waals surface area contributed by atoms with Gasteiger partial charge in [0.05, 0.1) is 12.0 Å². The third-order valence-corrected chi connectivity index (χ3v) is 2.98. The van der Waals surface area contributed by atoms with Gasteiger partial charge in [0.25, 0.3) is 0 Å². The lowest BCUT2D eigenvalue weighted by Crippen LogP contribution is -2.15. The monoisotopic (exact) mass is 211 g/mol. The van der Waals surface area contributed by atoms with E-state index in [4.69, 9.17) is 0 Å². The number of aromatic nitrogens is 2. The smallest absolute Gasteiger partial charge is 0.0950 e. The largest absolute Gasteiger partial charge is 0.336 e. The van der Waals surface area contributed by atoms with Crippen molar-refractivity contribution in [2.75, 3.05) is 12.0 Å². The highest BCUT2D eigenvalue weighted by Crippen LogP contribution is 2.18. The number of aryl methyl sites for hydroxylation is 1. The molecule has 1 fully saturated rings. The minimum Gasteiger partial charge on any atom is -0.336 e. The molecule has 0 atom stereocenters. The molecule has 14 heavy (non-hydrogen) atoms. The van der Waals surface area contributed by atoms with Crippen LogP contribution in [0.1, 0.15) is 18.5 Å². The number of rotatable bonds is 6. The molecule has 0 radical (unpaired) electrons. The van der Waals surface area contributed by atoms with Gasteiger partial charge < -0.3 is 9.88 Å². The average Bonchev–Trinajstić information content (AvgIpc) is 2.92. The maximum Gasteiger partial charge on any atom is 0.0950 e. The molecule has 1 aliphatic carbocycles. The molecule has 0 spiro atoms. The summed E-state index contributed by atoms with van der Waals surface area (Å²) in [5.41, 5.74) is 1.16. The van der Waals surface area contributed by atoms with Gasteiger partial charge in [-0.1, -0.05) is 0 Å². The van der Waals surface area contributed by atoms with Gasteiger partial charge >= 0.3 is 0 Å². The number of thioether (sulfide) groups is 1. The molecule has 0 saturated heterocycles. The first kappa shape index (κ1) is 10.1. The van der Waals surface area contributed by atoms with Crippen LogP contribution in [0.4, 0.5) is 0 Å². The van der Waals surface area contributed by atoms with Gasteiger partial charge in [-0.15, -0.1) is 0 Å². The van der Waals surface area contributed by atoms with E-state index < -0.39 is 0 Å². The molecule has 1 N–H and O–H groups in total. The lowest BCUT2D eigenvalue weighted by molar-refractivity contribution is 0.675. The number of hydrogen-bond acceptors (Lipinski definition) is 3. The number of hydrogen-bond donors (Lipinski definition) is 1. The second-order valence-electron chi connectivity index (χ2n) is 3.75. The Labute approximate surface area is 89.3 Å². The zero-order chi connectivity index (χ0) is 9.80. The summed E-state index contributed by atoms with van der Waals surface area (Å²) in [4.78, 5) is 4.36. The van der Waals surface area contributed by atoms with Gasteiger partial charge in [-0.05, 0) is 19.1 Å². The molecule has 0 bridgehead atoms. The molecule has 1 heterocycles. The summed E-state index contributed by atoms with van der Waals surface area (Å²) in [5, 5.41) is 3.46. The number of nitrogens with zero attached hydrogens (tertiary/aromatic N) is 2. The van der Waals surface area contributed by atoms with Crippen LogP contribution >= 0.6 is 11.8 Å². The van der Waals surface area contributed by atoms with Gasteiger partial charge in [-0.25, -0.2) is 4.98 Å². The second kappa shape index (κ2) is 4.84. The fourth-order valence-corrected chi connectivity index (χ4v) is 1.75. The predicted molar refractivity (Wildman–Crippen MR) is 60.5 cm³/mol. The Morgan fingerprint density at radius 1 is 1.64 bits per heavy atom. The molecule has 2 rings (SSSR count). The Morgan fingerprint density at radius 3 is 3.21 bits per heavy atom. The van der Waals surface area contributed by atoms with Crippen LogP contribution in [0.5, 0.6) is 0 Å². The first-order chi connectivity index (χ1) is 6.88. The summed E-state index contributed by atoms with van der Waals surface area (Å²) in [5.74, 6) is 1.16. The lowest BCUT2D eigenvalue weighted by atomic mass is 10.4. The van der Waals surface area contributed by atoms with Gasteiger partial charge in [0, 0.05) is 31.1 Å². The quantitative estimate of drug-likeness (QED) is 0.773. The molecule has 1 saturated carbocycles. The molecular formula is C10H17N3S. The Morgan fingerprint density at radius 2 is 2.50 bits per heavy atom. The van der Waals surface area contributed by atoms with Crippen molar-refractivity contribution in [2.24, 2.45) is 0 Å². The maximum absolute atomic E-state index is 4.36. The van der Waals surface area contributed by atoms with Gasteiger partial charge in [-0.2, -0.15) is 11.8 Å². The second-order valence-corrected chi connectivity index (χ2v) is 4.74. The first-order valence-electron chi connectivity index (χ1n) is 5.11.